The van der Waals surface area contributed by atoms with Crippen LogP contribution in [0.15, 0.2) is 54.6 Å². The van der Waals surface area contributed by atoms with Gasteiger partial charge in [-0.2, -0.15) is 0 Å². The summed E-state index contributed by atoms with van der Waals surface area (Å²) in [6.45, 7) is 2.60. The molecule has 5 nitrogen and oxygen atoms in total. The van der Waals surface area contributed by atoms with Gasteiger partial charge in [0.15, 0.2) is 5.78 Å². The Balaban J connectivity index is 1.72. The number of benzene rings is 2. The zero-order valence-electron chi connectivity index (χ0n) is 17.0. The van der Waals surface area contributed by atoms with E-state index >= 15 is 0 Å². The van der Waals surface area contributed by atoms with Crippen molar-refractivity contribution in [1.29, 1.82) is 0 Å². The van der Waals surface area contributed by atoms with Crippen LogP contribution in [0.2, 0.25) is 0 Å². The summed E-state index contributed by atoms with van der Waals surface area (Å²) in [4.78, 5) is 36.2. The summed E-state index contributed by atoms with van der Waals surface area (Å²) >= 11 is 0. The second-order valence-electron chi connectivity index (χ2n) is 7.00. The lowest BCUT2D eigenvalue weighted by molar-refractivity contribution is -0.115. The molecule has 0 aliphatic heterocycles. The third kappa shape index (κ3) is 8.30. The van der Waals surface area contributed by atoms with E-state index < -0.39 is 5.91 Å². The molecule has 0 unspecified atom stereocenters. The molecule has 0 saturated heterocycles. The number of Topliss-reactive ketones (excluding diaryl/α,β-unsaturated/α-hetero) is 1. The van der Waals surface area contributed by atoms with Crippen LogP contribution in [0.4, 0.5) is 5.69 Å². The predicted molar refractivity (Wildman–Crippen MR) is 114 cm³/mol. The fourth-order valence-electron chi connectivity index (χ4n) is 2.90. The quantitative estimate of drug-likeness (QED) is 0.226. The van der Waals surface area contributed by atoms with Gasteiger partial charge in [-0.25, -0.2) is 4.79 Å². The number of hydrogen-bond donors (Lipinski definition) is 1. The number of anilines is 1. The van der Waals surface area contributed by atoms with Gasteiger partial charge in [0.25, 0.3) is 0 Å². The topological polar surface area (TPSA) is 72.5 Å². The molecule has 0 fully saturated rings. The first-order valence-corrected chi connectivity index (χ1v) is 10.3. The Kier molecular flexibility index (Phi) is 9.63. The number of carbonyl (C=O) groups is 3. The first-order valence-electron chi connectivity index (χ1n) is 10.3. The van der Waals surface area contributed by atoms with Crippen molar-refractivity contribution >= 4 is 23.3 Å². The maximum absolute atomic E-state index is 12.1. The number of ether oxygens (including phenoxy) is 1. The highest BCUT2D eigenvalue weighted by Gasteiger charge is 2.12. The summed E-state index contributed by atoms with van der Waals surface area (Å²) in [6.07, 6.45) is 6.59. The number of nitrogens with one attached hydrogen (secondary N) is 1. The van der Waals surface area contributed by atoms with Gasteiger partial charge >= 0.3 is 5.97 Å². The molecule has 0 spiro atoms. The van der Waals surface area contributed by atoms with Crippen molar-refractivity contribution in [3.8, 4) is 0 Å². The lowest BCUT2D eigenvalue weighted by Gasteiger charge is -2.07. The Hall–Kier alpha value is -2.95. The molecule has 154 valence electrons. The van der Waals surface area contributed by atoms with E-state index in [2.05, 4.69) is 12.2 Å². The highest BCUT2D eigenvalue weighted by Crippen LogP contribution is 2.13. The van der Waals surface area contributed by atoms with E-state index in [0.717, 1.165) is 12.8 Å². The van der Waals surface area contributed by atoms with E-state index in [1.54, 1.807) is 48.5 Å². The summed E-state index contributed by atoms with van der Waals surface area (Å²) in [7, 11) is 0. The molecule has 29 heavy (non-hydrogen) atoms. The van der Waals surface area contributed by atoms with Gasteiger partial charge < -0.3 is 10.1 Å². The summed E-state index contributed by atoms with van der Waals surface area (Å²) in [5.74, 6) is -0.995. The fraction of sp³-hybridized carbons (Fsp3) is 0.375. The van der Waals surface area contributed by atoms with Crippen LogP contribution in [-0.4, -0.2) is 24.3 Å². The summed E-state index contributed by atoms with van der Waals surface area (Å²) in [6, 6.07) is 15.2. The van der Waals surface area contributed by atoms with E-state index in [1.807, 2.05) is 6.07 Å². The first kappa shape index (κ1) is 22.3. The van der Waals surface area contributed by atoms with Crippen LogP contribution >= 0.6 is 0 Å². The smallest absolute Gasteiger partial charge is 0.338 e. The average molecular weight is 395 g/mol. The van der Waals surface area contributed by atoms with Gasteiger partial charge in [-0.05, 0) is 30.7 Å². The van der Waals surface area contributed by atoms with Crippen LogP contribution in [-0.2, 0) is 9.53 Å². The van der Waals surface area contributed by atoms with Gasteiger partial charge in [-0.1, -0.05) is 69.4 Å². The minimum absolute atomic E-state index is 0.230. The van der Waals surface area contributed by atoms with Crippen LogP contribution < -0.4 is 5.32 Å². The largest absolute Gasteiger partial charge is 0.462 e. The number of unbranched alkanes of at least 4 members (excludes halogenated alkanes) is 5. The van der Waals surface area contributed by atoms with Gasteiger partial charge in [0.1, 0.15) is 0 Å². The Bertz CT molecular complexity index is 784. The molecule has 0 saturated carbocycles. The molecule has 5 heteroatoms. The molecule has 0 radical (unpaired) electrons. The zero-order chi connectivity index (χ0) is 20.9. The number of carbonyl (C=O) groups excluding carboxylic acids is 3. The van der Waals surface area contributed by atoms with Crippen LogP contribution in [0.3, 0.4) is 0 Å². The van der Waals surface area contributed by atoms with E-state index in [4.69, 9.17) is 4.74 Å². The third-order valence-electron chi connectivity index (χ3n) is 4.55. The first-order chi connectivity index (χ1) is 14.1. The van der Waals surface area contributed by atoms with Crippen molar-refractivity contribution in [3.63, 3.8) is 0 Å². The second-order valence-corrected chi connectivity index (χ2v) is 7.00. The van der Waals surface area contributed by atoms with Crippen LogP contribution in [0.1, 0.15) is 72.6 Å². The highest BCUT2D eigenvalue weighted by atomic mass is 16.5. The summed E-state index contributed by atoms with van der Waals surface area (Å²) in [5.41, 5.74) is 1.48. The molecule has 0 atom stereocenters. The maximum atomic E-state index is 12.1. The fourth-order valence-corrected chi connectivity index (χ4v) is 2.90. The molecule has 2 rings (SSSR count). The normalized spacial score (nSPS) is 10.4. The number of esters is 1. The van der Waals surface area contributed by atoms with Crippen molar-refractivity contribution in [2.75, 3.05) is 11.9 Å². The Labute approximate surface area is 172 Å². The highest BCUT2D eigenvalue weighted by molar-refractivity contribution is 6.11. The molecular formula is C24H29NO4. The molecule has 1 N–H and O–H groups in total. The van der Waals surface area contributed by atoms with Gasteiger partial charge in [-0.3, -0.25) is 9.59 Å². The molecular weight excluding hydrogens is 366 g/mol. The van der Waals surface area contributed by atoms with E-state index in [0.29, 0.717) is 23.4 Å². The molecule has 1 amide bonds. The SMILES string of the molecule is CCCCCCCCOC(=O)c1ccc(NC(=O)CC(=O)c2ccccc2)cc1. The van der Waals surface area contributed by atoms with Crippen molar-refractivity contribution in [2.24, 2.45) is 0 Å². The minimum Gasteiger partial charge on any atom is -0.462 e. The molecule has 0 bridgehead atoms. The monoisotopic (exact) mass is 395 g/mol. The molecule has 0 aromatic heterocycles. The van der Waals surface area contributed by atoms with Crippen molar-refractivity contribution in [2.45, 2.75) is 51.9 Å². The number of amides is 1. The van der Waals surface area contributed by atoms with E-state index in [-0.39, 0.29) is 18.2 Å². The van der Waals surface area contributed by atoms with Gasteiger partial charge in [-0.15, -0.1) is 0 Å². The Morgan fingerprint density at radius 1 is 0.793 bits per heavy atom. The van der Waals surface area contributed by atoms with Crippen molar-refractivity contribution in [3.05, 3.63) is 65.7 Å². The third-order valence-corrected chi connectivity index (χ3v) is 4.55. The molecule has 0 aliphatic carbocycles. The van der Waals surface area contributed by atoms with E-state index in [9.17, 15) is 14.4 Å². The van der Waals surface area contributed by atoms with E-state index in [1.165, 1.54) is 25.7 Å². The minimum atomic E-state index is -0.391. The summed E-state index contributed by atoms with van der Waals surface area (Å²) < 4.78 is 5.29. The number of rotatable bonds is 12. The van der Waals surface area contributed by atoms with Crippen molar-refractivity contribution < 1.29 is 19.1 Å². The van der Waals surface area contributed by atoms with Gasteiger partial charge in [0.2, 0.25) is 5.91 Å². The lowest BCUT2D eigenvalue weighted by Crippen LogP contribution is -2.16. The predicted octanol–water partition coefficient (Wildman–Crippen LogP) is 5.42. The van der Waals surface area contributed by atoms with Crippen LogP contribution in [0.25, 0.3) is 0 Å². The Morgan fingerprint density at radius 2 is 1.45 bits per heavy atom. The molecule has 2 aromatic carbocycles. The molecule has 2 aromatic rings. The molecule has 0 heterocycles. The van der Waals surface area contributed by atoms with Gasteiger partial charge in [0, 0.05) is 11.3 Å². The number of hydrogen-bond acceptors (Lipinski definition) is 4. The number of ketones is 1. The lowest BCUT2D eigenvalue weighted by atomic mass is 10.1. The van der Waals surface area contributed by atoms with Gasteiger partial charge in [0.05, 0.1) is 18.6 Å². The Morgan fingerprint density at radius 3 is 2.14 bits per heavy atom. The van der Waals surface area contributed by atoms with Crippen LogP contribution in [0.5, 0.6) is 0 Å². The average Bonchev–Trinajstić information content (AvgIpc) is 2.74. The summed E-state index contributed by atoms with van der Waals surface area (Å²) in [5, 5.41) is 2.67. The van der Waals surface area contributed by atoms with Crippen molar-refractivity contribution in [1.82, 2.24) is 0 Å². The molecule has 0 aliphatic rings. The zero-order valence-corrected chi connectivity index (χ0v) is 17.0. The standard InChI is InChI=1S/C24H29NO4/c1-2-3-4-5-6-10-17-29-24(28)20-13-15-21(16-14-20)25-23(27)18-22(26)19-11-8-7-9-12-19/h7-9,11-16H,2-6,10,17-18H2,1H3,(H,25,27). The maximum Gasteiger partial charge on any atom is 0.338 e. The second kappa shape index (κ2) is 12.5. The van der Waals surface area contributed by atoms with Crippen LogP contribution in [0, 0.1) is 0 Å².